The molecule has 1 aromatic heterocycles. The molecule has 0 aromatic carbocycles. The van der Waals surface area contributed by atoms with Crippen molar-refractivity contribution in [3.63, 3.8) is 0 Å². The number of hydrogen-bond acceptors (Lipinski definition) is 5. The van der Waals surface area contributed by atoms with Crippen LogP contribution in [-0.2, 0) is 7.05 Å². The molecule has 0 atom stereocenters. The molecule has 0 fully saturated rings. The predicted octanol–water partition coefficient (Wildman–Crippen LogP) is -1.65. The normalized spacial score (nSPS) is 9.80. The van der Waals surface area contributed by atoms with E-state index in [1.54, 1.807) is 7.05 Å². The molecule has 0 aliphatic rings. The number of tetrazole rings is 1. The van der Waals surface area contributed by atoms with E-state index in [2.05, 4.69) is 15.5 Å². The molecule has 0 radical (unpaired) electrons. The average molecular weight is 141 g/mol. The second-order valence-corrected chi connectivity index (χ2v) is 1.75. The van der Waals surface area contributed by atoms with Crippen LogP contribution >= 0.6 is 0 Å². The summed E-state index contributed by atoms with van der Waals surface area (Å²) in [5.74, 6) is -0.0602. The van der Waals surface area contributed by atoms with Gasteiger partial charge in [0.15, 0.2) is 0 Å². The van der Waals surface area contributed by atoms with Crippen molar-refractivity contribution in [3.05, 3.63) is 5.82 Å². The zero-order valence-electron chi connectivity index (χ0n) is 5.48. The van der Waals surface area contributed by atoms with Gasteiger partial charge in [0.05, 0.1) is 6.54 Å². The lowest BCUT2D eigenvalue weighted by Crippen LogP contribution is -2.18. The summed E-state index contributed by atoms with van der Waals surface area (Å²) in [5, 5.41) is 10.2. The zero-order valence-corrected chi connectivity index (χ0v) is 5.48. The fourth-order valence-corrected chi connectivity index (χ4v) is 0.557. The Hall–Kier alpha value is -1.30. The van der Waals surface area contributed by atoms with Crippen LogP contribution in [-0.4, -0.2) is 32.5 Å². The van der Waals surface area contributed by atoms with Gasteiger partial charge < -0.3 is 5.73 Å². The average Bonchev–Trinajstić information content (AvgIpc) is 2.34. The second-order valence-electron chi connectivity index (χ2n) is 1.75. The van der Waals surface area contributed by atoms with E-state index in [0.29, 0.717) is 0 Å². The molecule has 1 heterocycles. The fraction of sp³-hybridized carbons (Fsp3) is 0.500. The number of carbonyl (C=O) groups is 1. The van der Waals surface area contributed by atoms with Crippen LogP contribution in [0.25, 0.3) is 0 Å². The molecule has 0 saturated carbocycles. The fourth-order valence-electron chi connectivity index (χ4n) is 0.557. The topological polar surface area (TPSA) is 86.7 Å². The summed E-state index contributed by atoms with van der Waals surface area (Å²) >= 11 is 0. The van der Waals surface area contributed by atoms with Crippen LogP contribution in [0.5, 0.6) is 0 Å². The Kier molecular flexibility index (Phi) is 1.72. The minimum absolute atomic E-state index is 0.0613. The monoisotopic (exact) mass is 141 g/mol. The molecule has 0 amide bonds. The molecule has 10 heavy (non-hydrogen) atoms. The molecular formula is C4H7N5O. The van der Waals surface area contributed by atoms with Crippen molar-refractivity contribution in [2.24, 2.45) is 12.8 Å². The Bertz CT molecular complexity index is 242. The van der Waals surface area contributed by atoms with Crippen molar-refractivity contribution < 1.29 is 4.79 Å². The molecule has 0 aliphatic carbocycles. The summed E-state index contributed by atoms with van der Waals surface area (Å²) in [4.78, 5) is 10.8. The highest BCUT2D eigenvalue weighted by molar-refractivity contribution is 5.93. The standard InChI is InChI=1S/C4H7N5O/c1-9-4(3(10)2-5)6-7-8-9/h2,5H2,1H3. The van der Waals surface area contributed by atoms with Crippen molar-refractivity contribution in [3.8, 4) is 0 Å². The highest BCUT2D eigenvalue weighted by Gasteiger charge is 2.09. The number of Topliss-reactive ketones (excluding diaryl/α,β-unsaturated/α-hetero) is 1. The Morgan fingerprint density at radius 2 is 2.50 bits per heavy atom. The van der Waals surface area contributed by atoms with E-state index in [0.717, 1.165) is 0 Å². The summed E-state index contributed by atoms with van der Waals surface area (Å²) in [6.45, 7) is -0.0613. The molecule has 0 aliphatic heterocycles. The van der Waals surface area contributed by atoms with E-state index in [1.165, 1.54) is 4.68 Å². The number of nitrogens with two attached hydrogens (primary N) is 1. The molecule has 1 aromatic rings. The number of aromatic nitrogens is 4. The minimum Gasteiger partial charge on any atom is -0.324 e. The number of nitrogens with zero attached hydrogens (tertiary/aromatic N) is 4. The summed E-state index contributed by atoms with van der Waals surface area (Å²) in [6.07, 6.45) is 0. The zero-order chi connectivity index (χ0) is 7.56. The maximum Gasteiger partial charge on any atom is 0.219 e. The number of ketones is 1. The Morgan fingerprint density at radius 3 is 2.90 bits per heavy atom. The van der Waals surface area contributed by atoms with Gasteiger partial charge in [0.25, 0.3) is 0 Å². The third-order valence-corrected chi connectivity index (χ3v) is 1.05. The van der Waals surface area contributed by atoms with Gasteiger partial charge in [-0.05, 0) is 10.4 Å². The first-order valence-corrected chi connectivity index (χ1v) is 2.71. The van der Waals surface area contributed by atoms with Crippen molar-refractivity contribution in [2.75, 3.05) is 6.54 Å². The third-order valence-electron chi connectivity index (χ3n) is 1.05. The molecule has 0 saturated heterocycles. The van der Waals surface area contributed by atoms with E-state index in [9.17, 15) is 4.79 Å². The van der Waals surface area contributed by atoms with Crippen LogP contribution in [0.2, 0.25) is 0 Å². The maximum atomic E-state index is 10.8. The van der Waals surface area contributed by atoms with Gasteiger partial charge in [-0.25, -0.2) is 4.68 Å². The van der Waals surface area contributed by atoms with Crippen LogP contribution in [0, 0.1) is 0 Å². The van der Waals surface area contributed by atoms with Crippen molar-refractivity contribution in [2.45, 2.75) is 0 Å². The molecule has 0 spiro atoms. The van der Waals surface area contributed by atoms with Gasteiger partial charge in [0, 0.05) is 7.05 Å². The second kappa shape index (κ2) is 2.53. The Labute approximate surface area is 57.0 Å². The quantitative estimate of drug-likeness (QED) is 0.499. The molecular weight excluding hydrogens is 134 g/mol. The summed E-state index contributed by atoms with van der Waals surface area (Å²) in [7, 11) is 1.59. The molecule has 54 valence electrons. The van der Waals surface area contributed by atoms with E-state index in [4.69, 9.17) is 5.73 Å². The first-order chi connectivity index (χ1) is 4.75. The number of hydrogen-bond donors (Lipinski definition) is 1. The SMILES string of the molecule is Cn1nnnc1C(=O)CN. The lowest BCUT2D eigenvalue weighted by molar-refractivity contribution is 0.0987. The van der Waals surface area contributed by atoms with Gasteiger partial charge in [-0.1, -0.05) is 0 Å². The maximum absolute atomic E-state index is 10.8. The lowest BCUT2D eigenvalue weighted by Gasteiger charge is -1.91. The number of aryl methyl sites for hydroxylation is 1. The summed E-state index contributed by atoms with van der Waals surface area (Å²) < 4.78 is 1.29. The largest absolute Gasteiger partial charge is 0.324 e. The van der Waals surface area contributed by atoms with Crippen molar-refractivity contribution in [1.82, 2.24) is 20.2 Å². The highest BCUT2D eigenvalue weighted by Crippen LogP contribution is 1.87. The van der Waals surface area contributed by atoms with Gasteiger partial charge in [-0.3, -0.25) is 4.79 Å². The number of rotatable bonds is 2. The molecule has 0 unspecified atom stereocenters. The van der Waals surface area contributed by atoms with Crippen LogP contribution in [0.4, 0.5) is 0 Å². The minimum atomic E-state index is -0.257. The Balaban J connectivity index is 2.93. The van der Waals surface area contributed by atoms with Gasteiger partial charge in [-0.15, -0.1) is 5.10 Å². The lowest BCUT2D eigenvalue weighted by atomic mass is 10.4. The van der Waals surface area contributed by atoms with Crippen molar-refractivity contribution >= 4 is 5.78 Å². The predicted molar refractivity (Wildman–Crippen MR) is 32.2 cm³/mol. The first-order valence-electron chi connectivity index (χ1n) is 2.71. The third kappa shape index (κ3) is 1.01. The van der Waals surface area contributed by atoms with Gasteiger partial charge in [0.2, 0.25) is 11.6 Å². The van der Waals surface area contributed by atoms with E-state index in [-0.39, 0.29) is 18.2 Å². The molecule has 6 heteroatoms. The van der Waals surface area contributed by atoms with E-state index < -0.39 is 0 Å². The summed E-state index contributed by atoms with van der Waals surface area (Å²) in [5.41, 5.74) is 5.07. The van der Waals surface area contributed by atoms with Gasteiger partial charge in [-0.2, -0.15) is 0 Å². The van der Waals surface area contributed by atoms with Crippen LogP contribution < -0.4 is 5.73 Å². The Morgan fingerprint density at radius 1 is 1.80 bits per heavy atom. The first kappa shape index (κ1) is 6.81. The van der Waals surface area contributed by atoms with Crippen LogP contribution in [0.1, 0.15) is 10.6 Å². The van der Waals surface area contributed by atoms with Crippen LogP contribution in [0.15, 0.2) is 0 Å². The van der Waals surface area contributed by atoms with Crippen molar-refractivity contribution in [1.29, 1.82) is 0 Å². The number of carbonyl (C=O) groups excluding carboxylic acids is 1. The van der Waals surface area contributed by atoms with Gasteiger partial charge in [0.1, 0.15) is 0 Å². The summed E-state index contributed by atoms with van der Waals surface area (Å²) in [6, 6.07) is 0. The molecule has 0 bridgehead atoms. The van der Waals surface area contributed by atoms with E-state index in [1.807, 2.05) is 0 Å². The van der Waals surface area contributed by atoms with E-state index >= 15 is 0 Å². The molecule has 6 nitrogen and oxygen atoms in total. The highest BCUT2D eigenvalue weighted by atomic mass is 16.1. The smallest absolute Gasteiger partial charge is 0.219 e. The molecule has 1 rings (SSSR count). The van der Waals surface area contributed by atoms with Crippen LogP contribution in [0.3, 0.4) is 0 Å². The molecule has 2 N–H and O–H groups in total. The van der Waals surface area contributed by atoms with Gasteiger partial charge >= 0.3 is 0 Å².